The van der Waals surface area contributed by atoms with Gasteiger partial charge in [0.05, 0.1) is 6.54 Å². The van der Waals surface area contributed by atoms with Crippen molar-refractivity contribution in [3.05, 3.63) is 23.4 Å². The maximum absolute atomic E-state index is 12.4. The van der Waals surface area contributed by atoms with Crippen LogP contribution in [0.3, 0.4) is 0 Å². The third kappa shape index (κ3) is 3.54. The molecule has 0 saturated carbocycles. The number of fused-ring (bicyclic) bond motifs is 1. The largest absolute Gasteiger partial charge is 0.370 e. The highest BCUT2D eigenvalue weighted by Crippen LogP contribution is 2.28. The smallest absolute Gasteiger partial charge is 0.226 e. The van der Waals surface area contributed by atoms with Gasteiger partial charge in [-0.1, -0.05) is 6.07 Å². The quantitative estimate of drug-likeness (QED) is 0.905. The third-order valence-corrected chi connectivity index (χ3v) is 4.88. The SMILES string of the molecule is CC(=O)CN1C(=O)[C@@H](CCc2ccc3c(n2)NCCC3)C[C@H]1C. The van der Waals surface area contributed by atoms with E-state index in [2.05, 4.69) is 17.4 Å². The number of hydrogen-bond donors (Lipinski definition) is 1. The Morgan fingerprint density at radius 2 is 2.26 bits per heavy atom. The Bertz CT molecular complexity index is 614. The van der Waals surface area contributed by atoms with Gasteiger partial charge < -0.3 is 10.2 Å². The van der Waals surface area contributed by atoms with Gasteiger partial charge in [0, 0.05) is 24.2 Å². The first-order valence-corrected chi connectivity index (χ1v) is 8.57. The second-order valence-electron chi connectivity index (χ2n) is 6.83. The lowest BCUT2D eigenvalue weighted by molar-refractivity contribution is -0.135. The molecule has 3 rings (SSSR count). The van der Waals surface area contributed by atoms with Crippen LogP contribution in [-0.4, -0.2) is 40.7 Å². The second kappa shape index (κ2) is 6.69. The Hall–Kier alpha value is -1.91. The summed E-state index contributed by atoms with van der Waals surface area (Å²) >= 11 is 0. The van der Waals surface area contributed by atoms with Crippen molar-refractivity contribution in [2.45, 2.75) is 52.0 Å². The summed E-state index contributed by atoms with van der Waals surface area (Å²) in [6.07, 6.45) is 4.72. The van der Waals surface area contributed by atoms with Crippen molar-refractivity contribution in [1.29, 1.82) is 0 Å². The van der Waals surface area contributed by atoms with E-state index in [9.17, 15) is 9.59 Å². The summed E-state index contributed by atoms with van der Waals surface area (Å²) in [5.74, 6) is 1.21. The molecule has 5 heteroatoms. The van der Waals surface area contributed by atoms with Gasteiger partial charge in [-0.05, 0) is 57.6 Å². The summed E-state index contributed by atoms with van der Waals surface area (Å²) in [7, 11) is 0. The van der Waals surface area contributed by atoms with Crippen LogP contribution in [0, 0.1) is 5.92 Å². The van der Waals surface area contributed by atoms with E-state index in [1.54, 1.807) is 4.90 Å². The van der Waals surface area contributed by atoms with Crippen LogP contribution < -0.4 is 5.32 Å². The number of aromatic nitrogens is 1. The molecule has 2 atom stereocenters. The summed E-state index contributed by atoms with van der Waals surface area (Å²) in [5, 5.41) is 3.35. The Morgan fingerprint density at radius 1 is 1.43 bits per heavy atom. The maximum Gasteiger partial charge on any atom is 0.226 e. The molecule has 2 aliphatic rings. The average Bonchev–Trinajstić information content (AvgIpc) is 2.80. The van der Waals surface area contributed by atoms with E-state index in [4.69, 9.17) is 4.98 Å². The highest BCUT2D eigenvalue weighted by Gasteiger charge is 2.36. The molecule has 23 heavy (non-hydrogen) atoms. The minimum absolute atomic E-state index is 0.0233. The van der Waals surface area contributed by atoms with Crippen LogP contribution in [0.4, 0.5) is 5.82 Å². The number of nitrogens with one attached hydrogen (secondary N) is 1. The van der Waals surface area contributed by atoms with Gasteiger partial charge >= 0.3 is 0 Å². The molecule has 0 aliphatic carbocycles. The molecule has 1 N–H and O–H groups in total. The van der Waals surface area contributed by atoms with Crippen LogP contribution in [0.25, 0.3) is 0 Å². The lowest BCUT2D eigenvalue weighted by Crippen LogP contribution is -2.36. The van der Waals surface area contributed by atoms with Gasteiger partial charge in [-0.15, -0.1) is 0 Å². The molecule has 0 aromatic carbocycles. The first-order valence-electron chi connectivity index (χ1n) is 8.57. The molecule has 1 saturated heterocycles. The zero-order chi connectivity index (χ0) is 16.4. The predicted octanol–water partition coefficient (Wildman–Crippen LogP) is 2.20. The van der Waals surface area contributed by atoms with Gasteiger partial charge in [-0.2, -0.15) is 0 Å². The average molecular weight is 315 g/mol. The predicted molar refractivity (Wildman–Crippen MR) is 89.3 cm³/mol. The molecule has 2 aliphatic heterocycles. The third-order valence-electron chi connectivity index (χ3n) is 4.88. The topological polar surface area (TPSA) is 62.3 Å². The van der Waals surface area contributed by atoms with Crippen molar-refractivity contribution in [3.8, 4) is 0 Å². The van der Waals surface area contributed by atoms with E-state index >= 15 is 0 Å². The van der Waals surface area contributed by atoms with Crippen molar-refractivity contribution in [1.82, 2.24) is 9.88 Å². The molecule has 1 aromatic rings. The van der Waals surface area contributed by atoms with Crippen molar-refractivity contribution >= 4 is 17.5 Å². The molecular weight excluding hydrogens is 290 g/mol. The van der Waals surface area contributed by atoms with Crippen LogP contribution in [-0.2, 0) is 22.4 Å². The molecule has 1 fully saturated rings. The van der Waals surface area contributed by atoms with E-state index in [1.807, 2.05) is 6.92 Å². The van der Waals surface area contributed by atoms with Crippen molar-refractivity contribution < 1.29 is 9.59 Å². The second-order valence-corrected chi connectivity index (χ2v) is 6.83. The molecule has 0 radical (unpaired) electrons. The number of amides is 1. The zero-order valence-corrected chi connectivity index (χ0v) is 14.0. The summed E-state index contributed by atoms with van der Waals surface area (Å²) in [4.78, 5) is 30.2. The van der Waals surface area contributed by atoms with Crippen molar-refractivity contribution in [2.75, 3.05) is 18.4 Å². The summed E-state index contributed by atoms with van der Waals surface area (Å²) in [6, 6.07) is 4.40. The maximum atomic E-state index is 12.4. The fourth-order valence-corrected chi connectivity index (χ4v) is 3.64. The van der Waals surface area contributed by atoms with Crippen LogP contribution in [0.1, 0.15) is 44.4 Å². The van der Waals surface area contributed by atoms with Gasteiger partial charge in [0.25, 0.3) is 0 Å². The van der Waals surface area contributed by atoms with Gasteiger partial charge in [-0.25, -0.2) is 4.98 Å². The first kappa shape index (κ1) is 16.0. The van der Waals surface area contributed by atoms with E-state index in [-0.39, 0.29) is 30.2 Å². The number of nitrogens with zero attached hydrogens (tertiary/aromatic N) is 2. The summed E-state index contributed by atoms with van der Waals surface area (Å²) in [6.45, 7) is 4.80. The molecule has 3 heterocycles. The number of anilines is 1. The first-order chi connectivity index (χ1) is 11.0. The van der Waals surface area contributed by atoms with Gasteiger partial charge in [-0.3, -0.25) is 9.59 Å². The Labute approximate surface area is 137 Å². The molecule has 0 bridgehead atoms. The number of carbonyl (C=O) groups excluding carboxylic acids is 2. The Kier molecular flexibility index (Phi) is 4.64. The molecule has 5 nitrogen and oxygen atoms in total. The number of aryl methyl sites for hydroxylation is 2. The molecule has 124 valence electrons. The fourth-order valence-electron chi connectivity index (χ4n) is 3.64. The minimum atomic E-state index is 0.0233. The van der Waals surface area contributed by atoms with E-state index in [0.717, 1.165) is 50.2 Å². The minimum Gasteiger partial charge on any atom is -0.370 e. The zero-order valence-electron chi connectivity index (χ0n) is 14.0. The van der Waals surface area contributed by atoms with Crippen molar-refractivity contribution in [3.63, 3.8) is 0 Å². The van der Waals surface area contributed by atoms with E-state index < -0.39 is 0 Å². The van der Waals surface area contributed by atoms with E-state index in [1.165, 1.54) is 12.5 Å². The highest BCUT2D eigenvalue weighted by molar-refractivity contribution is 5.87. The van der Waals surface area contributed by atoms with Crippen LogP contribution in [0.5, 0.6) is 0 Å². The number of hydrogen-bond acceptors (Lipinski definition) is 4. The van der Waals surface area contributed by atoms with Gasteiger partial charge in [0.15, 0.2) is 0 Å². The normalized spacial score (nSPS) is 23.6. The number of ketones is 1. The van der Waals surface area contributed by atoms with Crippen LogP contribution >= 0.6 is 0 Å². The fraction of sp³-hybridized carbons (Fsp3) is 0.611. The summed E-state index contributed by atoms with van der Waals surface area (Å²) < 4.78 is 0. The molecular formula is C18H25N3O2. The molecule has 0 unspecified atom stereocenters. The molecule has 0 spiro atoms. The number of Topliss-reactive ketones (excluding diaryl/α,β-unsaturated/α-hetero) is 1. The molecule has 1 aromatic heterocycles. The standard InChI is InChI=1S/C18H25N3O2/c1-12-10-15(18(23)21(12)11-13(2)22)6-8-16-7-5-14-4-3-9-19-17(14)20-16/h5,7,12,15H,3-4,6,8-11H2,1-2H3,(H,19,20)/t12-,15+/m1/s1. The van der Waals surface area contributed by atoms with Crippen LogP contribution in [0.2, 0.25) is 0 Å². The Balaban J connectivity index is 1.60. The number of rotatable bonds is 5. The van der Waals surface area contributed by atoms with E-state index in [0.29, 0.717) is 0 Å². The number of pyridine rings is 1. The highest BCUT2D eigenvalue weighted by atomic mass is 16.2. The number of likely N-dealkylation sites (tertiary alicyclic amines) is 1. The summed E-state index contributed by atoms with van der Waals surface area (Å²) in [5.41, 5.74) is 2.34. The van der Waals surface area contributed by atoms with Crippen molar-refractivity contribution in [2.24, 2.45) is 5.92 Å². The molecule has 1 amide bonds. The van der Waals surface area contributed by atoms with Crippen LogP contribution in [0.15, 0.2) is 12.1 Å². The van der Waals surface area contributed by atoms with Gasteiger partial charge in [0.2, 0.25) is 5.91 Å². The Morgan fingerprint density at radius 3 is 3.04 bits per heavy atom. The lowest BCUT2D eigenvalue weighted by Gasteiger charge is -2.20. The van der Waals surface area contributed by atoms with Gasteiger partial charge in [0.1, 0.15) is 11.6 Å². The monoisotopic (exact) mass is 315 g/mol. The number of carbonyl (C=O) groups is 2. The lowest BCUT2D eigenvalue weighted by atomic mass is 9.98.